The van der Waals surface area contributed by atoms with Crippen LogP contribution in [0.25, 0.3) is 5.65 Å². The number of aromatic nitrogens is 2. The minimum absolute atomic E-state index is 0.149. The van der Waals surface area contributed by atoms with Crippen molar-refractivity contribution < 1.29 is 9.90 Å². The second kappa shape index (κ2) is 7.60. The van der Waals surface area contributed by atoms with Crippen LogP contribution in [0, 0.1) is 12.3 Å². The Labute approximate surface area is 160 Å². The smallest absolute Gasteiger partial charge is 0.222 e. The third-order valence-electron chi connectivity index (χ3n) is 6.19. The van der Waals surface area contributed by atoms with E-state index >= 15 is 0 Å². The average Bonchev–Trinajstić information content (AvgIpc) is 3.07. The van der Waals surface area contributed by atoms with E-state index in [1.54, 1.807) is 0 Å². The van der Waals surface area contributed by atoms with Gasteiger partial charge in [0.25, 0.3) is 0 Å². The number of pyridine rings is 1. The standard InChI is InChI=1S/C21H30N4O2/c1-17-5-2-10-24-14-18(22-20(17)24)13-23-9-3-7-21(15-23)8-6-19(27)25(16-21)11-4-12-26/h2,5,10,14,26H,3-4,6-9,11-13,15-16H2,1H3. The van der Waals surface area contributed by atoms with Gasteiger partial charge in [0.2, 0.25) is 5.91 Å². The summed E-state index contributed by atoms with van der Waals surface area (Å²) >= 11 is 0. The Kier molecular flexibility index (Phi) is 5.19. The summed E-state index contributed by atoms with van der Waals surface area (Å²) in [6, 6.07) is 4.16. The van der Waals surface area contributed by atoms with Gasteiger partial charge >= 0.3 is 0 Å². The van der Waals surface area contributed by atoms with Gasteiger partial charge in [-0.1, -0.05) is 6.07 Å². The number of aliphatic hydroxyl groups excluding tert-OH is 1. The van der Waals surface area contributed by atoms with Gasteiger partial charge in [0.1, 0.15) is 5.65 Å². The molecular weight excluding hydrogens is 340 g/mol. The number of hydrogen-bond donors (Lipinski definition) is 1. The lowest BCUT2D eigenvalue weighted by molar-refractivity contribution is -0.139. The molecule has 6 heteroatoms. The number of imidazole rings is 1. The molecule has 0 radical (unpaired) electrons. The lowest BCUT2D eigenvalue weighted by Gasteiger charge is -2.48. The van der Waals surface area contributed by atoms with Crippen LogP contribution in [0.4, 0.5) is 0 Å². The van der Waals surface area contributed by atoms with E-state index in [1.807, 2.05) is 4.90 Å². The van der Waals surface area contributed by atoms with Crippen LogP contribution in [0.1, 0.15) is 43.4 Å². The summed E-state index contributed by atoms with van der Waals surface area (Å²) in [5.74, 6) is 0.252. The van der Waals surface area contributed by atoms with E-state index in [1.165, 1.54) is 18.4 Å². The summed E-state index contributed by atoms with van der Waals surface area (Å²) in [7, 11) is 0. The van der Waals surface area contributed by atoms with Crippen molar-refractivity contribution in [3.05, 3.63) is 35.8 Å². The van der Waals surface area contributed by atoms with E-state index in [2.05, 4.69) is 40.8 Å². The molecule has 146 valence electrons. The van der Waals surface area contributed by atoms with Crippen molar-refractivity contribution in [2.24, 2.45) is 5.41 Å². The van der Waals surface area contributed by atoms with Crippen molar-refractivity contribution in [1.82, 2.24) is 19.2 Å². The molecule has 2 aliphatic heterocycles. The lowest BCUT2D eigenvalue weighted by Crippen LogP contribution is -2.54. The first-order chi connectivity index (χ1) is 13.1. The predicted octanol–water partition coefficient (Wildman–Crippen LogP) is 2.23. The minimum atomic E-state index is 0.149. The monoisotopic (exact) mass is 370 g/mol. The van der Waals surface area contributed by atoms with Gasteiger partial charge in [-0.25, -0.2) is 4.98 Å². The Morgan fingerprint density at radius 2 is 2.19 bits per heavy atom. The fourth-order valence-electron chi connectivity index (χ4n) is 4.86. The van der Waals surface area contributed by atoms with Gasteiger partial charge in [0.05, 0.1) is 5.69 Å². The Hall–Kier alpha value is -1.92. The van der Waals surface area contributed by atoms with Crippen molar-refractivity contribution in [3.63, 3.8) is 0 Å². The van der Waals surface area contributed by atoms with Crippen LogP contribution in [0.3, 0.4) is 0 Å². The number of fused-ring (bicyclic) bond motifs is 1. The Bertz CT molecular complexity index is 818. The predicted molar refractivity (Wildman–Crippen MR) is 104 cm³/mol. The number of rotatable bonds is 5. The Morgan fingerprint density at radius 3 is 3.00 bits per heavy atom. The molecule has 4 heterocycles. The Morgan fingerprint density at radius 1 is 1.30 bits per heavy atom. The molecular formula is C21H30N4O2. The Balaban J connectivity index is 1.45. The molecule has 1 amide bonds. The number of piperidine rings is 2. The highest BCUT2D eigenvalue weighted by Crippen LogP contribution is 2.39. The number of carbonyl (C=O) groups excluding carboxylic acids is 1. The lowest BCUT2D eigenvalue weighted by atomic mass is 9.73. The summed E-state index contributed by atoms with van der Waals surface area (Å²) in [4.78, 5) is 21.6. The molecule has 0 aromatic carbocycles. The van der Waals surface area contributed by atoms with Crippen LogP contribution in [0.2, 0.25) is 0 Å². The van der Waals surface area contributed by atoms with E-state index in [9.17, 15) is 4.79 Å². The van der Waals surface area contributed by atoms with Crippen LogP contribution in [-0.2, 0) is 11.3 Å². The number of likely N-dealkylation sites (tertiary alicyclic amines) is 2. The maximum absolute atomic E-state index is 12.2. The molecule has 0 saturated carbocycles. The molecule has 4 rings (SSSR count). The zero-order valence-electron chi connectivity index (χ0n) is 16.2. The molecule has 1 N–H and O–H groups in total. The maximum Gasteiger partial charge on any atom is 0.222 e. The van der Waals surface area contributed by atoms with Crippen LogP contribution >= 0.6 is 0 Å². The fourth-order valence-corrected chi connectivity index (χ4v) is 4.86. The van der Waals surface area contributed by atoms with E-state index < -0.39 is 0 Å². The first-order valence-corrected chi connectivity index (χ1v) is 10.1. The van der Waals surface area contributed by atoms with Crippen LogP contribution in [-0.4, -0.2) is 63.0 Å². The summed E-state index contributed by atoms with van der Waals surface area (Å²) < 4.78 is 2.11. The summed E-state index contributed by atoms with van der Waals surface area (Å²) in [5, 5.41) is 9.12. The van der Waals surface area contributed by atoms with Gasteiger partial charge in [-0.05, 0) is 50.8 Å². The summed E-state index contributed by atoms with van der Waals surface area (Å²) in [5.41, 5.74) is 3.56. The molecule has 1 unspecified atom stereocenters. The third-order valence-corrected chi connectivity index (χ3v) is 6.19. The second-order valence-corrected chi connectivity index (χ2v) is 8.36. The van der Waals surface area contributed by atoms with E-state index in [4.69, 9.17) is 10.1 Å². The van der Waals surface area contributed by atoms with Gasteiger partial charge < -0.3 is 14.4 Å². The number of amides is 1. The van der Waals surface area contributed by atoms with E-state index in [0.717, 1.165) is 43.9 Å². The number of carbonyl (C=O) groups is 1. The molecule has 2 aliphatic rings. The molecule has 2 saturated heterocycles. The molecule has 27 heavy (non-hydrogen) atoms. The second-order valence-electron chi connectivity index (χ2n) is 8.36. The summed E-state index contributed by atoms with van der Waals surface area (Å²) in [6.45, 7) is 6.77. The molecule has 1 atom stereocenters. The highest BCUT2D eigenvalue weighted by molar-refractivity contribution is 5.77. The highest BCUT2D eigenvalue weighted by Gasteiger charge is 2.41. The van der Waals surface area contributed by atoms with Crippen molar-refractivity contribution in [3.8, 4) is 0 Å². The van der Waals surface area contributed by atoms with Crippen LogP contribution in [0.15, 0.2) is 24.5 Å². The van der Waals surface area contributed by atoms with Crippen molar-refractivity contribution in [1.29, 1.82) is 0 Å². The van der Waals surface area contributed by atoms with E-state index in [0.29, 0.717) is 19.4 Å². The molecule has 2 aromatic heterocycles. The number of aryl methyl sites for hydroxylation is 1. The van der Waals surface area contributed by atoms with Gasteiger partial charge in [0.15, 0.2) is 0 Å². The molecule has 2 fully saturated rings. The molecule has 2 aromatic rings. The van der Waals surface area contributed by atoms with Crippen molar-refractivity contribution in [2.75, 3.05) is 32.8 Å². The maximum atomic E-state index is 12.2. The highest BCUT2D eigenvalue weighted by atomic mass is 16.3. The van der Waals surface area contributed by atoms with E-state index in [-0.39, 0.29) is 17.9 Å². The topological polar surface area (TPSA) is 61.1 Å². The van der Waals surface area contributed by atoms with Crippen LogP contribution < -0.4 is 0 Å². The zero-order chi connectivity index (χ0) is 18.9. The van der Waals surface area contributed by atoms with Crippen LogP contribution in [0.5, 0.6) is 0 Å². The zero-order valence-corrected chi connectivity index (χ0v) is 16.2. The number of hydrogen-bond acceptors (Lipinski definition) is 4. The quantitative estimate of drug-likeness (QED) is 0.877. The summed E-state index contributed by atoms with van der Waals surface area (Å²) in [6.07, 6.45) is 8.87. The fraction of sp³-hybridized carbons (Fsp3) is 0.619. The number of aliphatic hydroxyl groups is 1. The molecule has 0 bridgehead atoms. The van der Waals surface area contributed by atoms with Gasteiger partial charge in [-0.2, -0.15) is 0 Å². The molecule has 6 nitrogen and oxygen atoms in total. The van der Waals surface area contributed by atoms with Crippen molar-refractivity contribution in [2.45, 2.75) is 45.6 Å². The van der Waals surface area contributed by atoms with Gasteiger partial charge in [0, 0.05) is 57.0 Å². The van der Waals surface area contributed by atoms with Gasteiger partial charge in [-0.15, -0.1) is 0 Å². The first kappa shape index (κ1) is 18.4. The average molecular weight is 370 g/mol. The molecule has 0 aliphatic carbocycles. The molecule has 1 spiro atoms. The first-order valence-electron chi connectivity index (χ1n) is 10.1. The SMILES string of the molecule is Cc1cccn2cc(CN3CCCC4(CCC(=O)N(CCCO)C4)C3)nc12. The van der Waals surface area contributed by atoms with Crippen molar-refractivity contribution >= 4 is 11.6 Å². The third kappa shape index (κ3) is 3.87. The largest absolute Gasteiger partial charge is 0.396 e. The van der Waals surface area contributed by atoms with Gasteiger partial charge in [-0.3, -0.25) is 9.69 Å². The number of nitrogens with zero attached hydrogens (tertiary/aromatic N) is 4. The normalized spacial score (nSPS) is 24.2. The minimum Gasteiger partial charge on any atom is -0.396 e.